The molecule has 2 N–H and O–H groups in total. The van der Waals surface area contributed by atoms with Crippen LogP contribution in [0.5, 0.6) is 0 Å². The van der Waals surface area contributed by atoms with Crippen molar-refractivity contribution in [3.8, 4) is 11.1 Å². The lowest BCUT2D eigenvalue weighted by atomic mass is 9.85. The molecular formula is C17H19N3O2. The molecule has 0 amide bonds. The van der Waals surface area contributed by atoms with Gasteiger partial charge in [-0.1, -0.05) is 24.3 Å². The Morgan fingerprint density at radius 1 is 1.32 bits per heavy atom. The largest absolute Gasteiger partial charge is 0.481 e. The smallest absolute Gasteiger partial charge is 0.307 e. The molecule has 1 fully saturated rings. The third-order valence-corrected chi connectivity index (χ3v) is 4.26. The molecule has 2 aromatic rings. The van der Waals surface area contributed by atoms with Crippen LogP contribution in [-0.2, 0) is 11.2 Å². The molecule has 114 valence electrons. The first-order chi connectivity index (χ1) is 10.7. The Morgan fingerprint density at radius 2 is 2.14 bits per heavy atom. The number of hydrogen-bond donors (Lipinski definition) is 2. The van der Waals surface area contributed by atoms with E-state index in [4.69, 9.17) is 0 Å². The minimum absolute atomic E-state index is 0.209. The average Bonchev–Trinajstić information content (AvgIpc) is 3.07. The van der Waals surface area contributed by atoms with E-state index in [0.717, 1.165) is 36.2 Å². The highest BCUT2D eigenvalue weighted by Gasteiger charge is 2.30. The highest BCUT2D eigenvalue weighted by molar-refractivity contribution is 5.71. The maximum atomic E-state index is 11.6. The van der Waals surface area contributed by atoms with Gasteiger partial charge in [-0.15, -0.1) is 0 Å². The second-order valence-corrected chi connectivity index (χ2v) is 5.73. The van der Waals surface area contributed by atoms with Gasteiger partial charge in [-0.2, -0.15) is 0 Å². The summed E-state index contributed by atoms with van der Waals surface area (Å²) >= 11 is 0. The third kappa shape index (κ3) is 3.31. The molecule has 3 rings (SSSR count). The van der Waals surface area contributed by atoms with Gasteiger partial charge in [0, 0.05) is 18.0 Å². The van der Waals surface area contributed by atoms with Crippen LogP contribution in [0.25, 0.3) is 11.1 Å². The van der Waals surface area contributed by atoms with Crippen molar-refractivity contribution in [1.29, 1.82) is 0 Å². The Bertz CT molecular complexity index is 639. The van der Waals surface area contributed by atoms with E-state index in [2.05, 4.69) is 15.3 Å². The van der Waals surface area contributed by atoms with Gasteiger partial charge in [0.1, 0.15) is 6.33 Å². The van der Waals surface area contributed by atoms with E-state index in [-0.39, 0.29) is 11.8 Å². The van der Waals surface area contributed by atoms with Crippen LogP contribution in [0.15, 0.2) is 43.0 Å². The number of aromatic nitrogens is 2. The summed E-state index contributed by atoms with van der Waals surface area (Å²) in [6.45, 7) is 1.71. The highest BCUT2D eigenvalue weighted by Crippen LogP contribution is 2.26. The van der Waals surface area contributed by atoms with E-state index in [1.165, 1.54) is 6.33 Å². The van der Waals surface area contributed by atoms with Gasteiger partial charge in [-0.3, -0.25) is 4.79 Å². The highest BCUT2D eigenvalue weighted by atomic mass is 16.4. The first kappa shape index (κ1) is 14.7. The van der Waals surface area contributed by atoms with Crippen molar-refractivity contribution in [3.63, 3.8) is 0 Å². The van der Waals surface area contributed by atoms with Crippen molar-refractivity contribution >= 4 is 5.97 Å². The Labute approximate surface area is 129 Å². The number of nitrogens with one attached hydrogen (secondary N) is 1. The topological polar surface area (TPSA) is 75.1 Å². The SMILES string of the molecule is O=C(O)[C@@H](Cc1cccc(-c2cncnc2)c1)[C@H]1CCNC1. The molecule has 5 nitrogen and oxygen atoms in total. The lowest BCUT2D eigenvalue weighted by Crippen LogP contribution is -2.27. The fourth-order valence-corrected chi connectivity index (χ4v) is 3.06. The molecule has 2 heterocycles. The van der Waals surface area contributed by atoms with Crippen LogP contribution in [0, 0.1) is 11.8 Å². The van der Waals surface area contributed by atoms with Crippen molar-refractivity contribution in [2.75, 3.05) is 13.1 Å². The van der Waals surface area contributed by atoms with Crippen molar-refractivity contribution in [3.05, 3.63) is 48.5 Å². The van der Waals surface area contributed by atoms with E-state index in [1.807, 2.05) is 24.3 Å². The summed E-state index contributed by atoms with van der Waals surface area (Å²) in [5.74, 6) is -0.833. The van der Waals surface area contributed by atoms with Crippen LogP contribution in [0.4, 0.5) is 0 Å². The predicted octanol–water partition coefficient (Wildman–Crippen LogP) is 2.00. The molecule has 22 heavy (non-hydrogen) atoms. The second-order valence-electron chi connectivity index (χ2n) is 5.73. The summed E-state index contributed by atoms with van der Waals surface area (Å²) in [5.41, 5.74) is 3.01. The fourth-order valence-electron chi connectivity index (χ4n) is 3.06. The zero-order valence-electron chi connectivity index (χ0n) is 12.3. The zero-order valence-corrected chi connectivity index (χ0v) is 12.3. The minimum Gasteiger partial charge on any atom is -0.481 e. The molecule has 1 aliphatic heterocycles. The molecule has 0 unspecified atom stereocenters. The Morgan fingerprint density at radius 3 is 2.82 bits per heavy atom. The summed E-state index contributed by atoms with van der Waals surface area (Å²) in [4.78, 5) is 19.7. The van der Waals surface area contributed by atoms with Gasteiger partial charge < -0.3 is 10.4 Å². The van der Waals surface area contributed by atoms with Gasteiger partial charge in [0.05, 0.1) is 5.92 Å². The van der Waals surface area contributed by atoms with Crippen molar-refractivity contribution in [2.24, 2.45) is 11.8 Å². The number of carboxylic acid groups (broad SMARTS) is 1. The van der Waals surface area contributed by atoms with Crippen molar-refractivity contribution in [2.45, 2.75) is 12.8 Å². The molecule has 0 spiro atoms. The van der Waals surface area contributed by atoms with E-state index >= 15 is 0 Å². The lowest BCUT2D eigenvalue weighted by Gasteiger charge is -2.19. The molecule has 0 bridgehead atoms. The van der Waals surface area contributed by atoms with E-state index in [0.29, 0.717) is 6.42 Å². The van der Waals surface area contributed by atoms with Crippen LogP contribution < -0.4 is 5.32 Å². The summed E-state index contributed by atoms with van der Waals surface area (Å²) in [7, 11) is 0. The van der Waals surface area contributed by atoms with E-state index in [9.17, 15) is 9.90 Å². The monoisotopic (exact) mass is 297 g/mol. The van der Waals surface area contributed by atoms with E-state index in [1.54, 1.807) is 12.4 Å². The van der Waals surface area contributed by atoms with Crippen LogP contribution in [-0.4, -0.2) is 34.1 Å². The molecule has 5 heteroatoms. The maximum Gasteiger partial charge on any atom is 0.307 e. The third-order valence-electron chi connectivity index (χ3n) is 4.26. The van der Waals surface area contributed by atoms with Crippen LogP contribution in [0.2, 0.25) is 0 Å². The van der Waals surface area contributed by atoms with E-state index < -0.39 is 5.97 Å². The first-order valence-electron chi connectivity index (χ1n) is 7.52. The molecule has 1 saturated heterocycles. The van der Waals surface area contributed by atoms with Gasteiger partial charge in [0.2, 0.25) is 0 Å². The Balaban J connectivity index is 1.81. The maximum absolute atomic E-state index is 11.6. The molecule has 0 saturated carbocycles. The zero-order chi connectivity index (χ0) is 15.4. The summed E-state index contributed by atoms with van der Waals surface area (Å²) < 4.78 is 0. The molecular weight excluding hydrogens is 278 g/mol. The Kier molecular flexibility index (Phi) is 4.44. The summed E-state index contributed by atoms with van der Waals surface area (Å²) in [6, 6.07) is 7.99. The van der Waals surface area contributed by atoms with Gasteiger partial charge in [-0.05, 0) is 43.0 Å². The minimum atomic E-state index is -0.706. The van der Waals surface area contributed by atoms with Gasteiger partial charge in [0.25, 0.3) is 0 Å². The van der Waals surface area contributed by atoms with Crippen LogP contribution in [0.1, 0.15) is 12.0 Å². The molecule has 2 atom stereocenters. The normalized spacial score (nSPS) is 19.0. The summed E-state index contributed by atoms with van der Waals surface area (Å²) in [6.07, 6.45) is 6.52. The van der Waals surface area contributed by atoms with Crippen LogP contribution in [0.3, 0.4) is 0 Å². The predicted molar refractivity (Wildman–Crippen MR) is 83.3 cm³/mol. The lowest BCUT2D eigenvalue weighted by molar-refractivity contribution is -0.143. The molecule has 1 aromatic carbocycles. The number of nitrogens with zero attached hydrogens (tertiary/aromatic N) is 2. The van der Waals surface area contributed by atoms with Gasteiger partial charge in [0.15, 0.2) is 0 Å². The molecule has 0 radical (unpaired) electrons. The molecule has 0 aliphatic carbocycles. The second kappa shape index (κ2) is 6.66. The molecule has 1 aliphatic rings. The molecule has 1 aromatic heterocycles. The van der Waals surface area contributed by atoms with Crippen molar-refractivity contribution < 1.29 is 9.90 Å². The first-order valence-corrected chi connectivity index (χ1v) is 7.52. The number of hydrogen-bond acceptors (Lipinski definition) is 4. The average molecular weight is 297 g/mol. The standard InChI is InChI=1S/C17H19N3O2/c21-17(22)16(14-4-5-18-8-14)7-12-2-1-3-13(6-12)15-9-19-11-20-10-15/h1-3,6,9-11,14,16,18H,4-5,7-8H2,(H,21,22)/t14-,16-/m0/s1. The quantitative estimate of drug-likeness (QED) is 0.883. The number of carboxylic acids is 1. The summed E-state index contributed by atoms with van der Waals surface area (Å²) in [5, 5.41) is 12.8. The number of aliphatic carboxylic acids is 1. The Hall–Kier alpha value is -2.27. The number of benzene rings is 1. The fraction of sp³-hybridized carbons (Fsp3) is 0.353. The van der Waals surface area contributed by atoms with Crippen molar-refractivity contribution in [1.82, 2.24) is 15.3 Å². The van der Waals surface area contributed by atoms with Gasteiger partial charge in [-0.25, -0.2) is 9.97 Å². The number of carbonyl (C=O) groups is 1. The van der Waals surface area contributed by atoms with Gasteiger partial charge >= 0.3 is 5.97 Å². The van der Waals surface area contributed by atoms with Crippen LogP contribution >= 0.6 is 0 Å². The number of rotatable bonds is 5.